The number of piperidine rings is 1. The molecular formula is C15H23N. The first-order valence-corrected chi connectivity index (χ1v) is 6.35. The van der Waals surface area contributed by atoms with Crippen molar-refractivity contribution in [1.82, 2.24) is 4.90 Å². The molecule has 0 aromatic heterocycles. The summed E-state index contributed by atoms with van der Waals surface area (Å²) in [6.45, 7) is 7.30. The first-order chi connectivity index (χ1) is 7.60. The fraction of sp³-hybridized carbons (Fsp3) is 0.600. The van der Waals surface area contributed by atoms with Gasteiger partial charge in [0.2, 0.25) is 0 Å². The Balaban J connectivity index is 2.13. The first-order valence-electron chi connectivity index (χ1n) is 6.35. The molecule has 1 heteroatoms. The van der Waals surface area contributed by atoms with Crippen LogP contribution in [0.3, 0.4) is 0 Å². The van der Waals surface area contributed by atoms with Crippen LogP contribution in [0.25, 0.3) is 0 Å². The van der Waals surface area contributed by atoms with Crippen molar-refractivity contribution >= 4 is 0 Å². The van der Waals surface area contributed by atoms with Crippen LogP contribution >= 0.6 is 0 Å². The normalized spacial score (nSPS) is 19.9. The monoisotopic (exact) mass is 217 g/mol. The van der Waals surface area contributed by atoms with E-state index in [1.807, 2.05) is 0 Å². The molecule has 1 heterocycles. The highest BCUT2D eigenvalue weighted by atomic mass is 15.1. The van der Waals surface area contributed by atoms with Crippen LogP contribution in [0.5, 0.6) is 0 Å². The Morgan fingerprint density at radius 3 is 2.19 bits per heavy atom. The van der Waals surface area contributed by atoms with Crippen LogP contribution in [0.4, 0.5) is 0 Å². The van der Waals surface area contributed by atoms with Crippen LogP contribution in [0, 0.1) is 5.92 Å². The fourth-order valence-corrected chi connectivity index (χ4v) is 2.83. The van der Waals surface area contributed by atoms with Crippen molar-refractivity contribution in [3.63, 3.8) is 0 Å². The van der Waals surface area contributed by atoms with Crippen LogP contribution in [0.1, 0.15) is 32.3 Å². The Hall–Kier alpha value is -0.820. The van der Waals surface area contributed by atoms with E-state index in [1.54, 1.807) is 0 Å². The molecule has 0 radical (unpaired) electrons. The maximum Gasteiger partial charge on any atom is -0.00188 e. The van der Waals surface area contributed by atoms with Gasteiger partial charge in [-0.05, 0) is 49.9 Å². The summed E-state index contributed by atoms with van der Waals surface area (Å²) in [7, 11) is 2.23. The maximum atomic E-state index is 2.44. The van der Waals surface area contributed by atoms with E-state index in [0.717, 1.165) is 5.92 Å². The average molecular weight is 217 g/mol. The molecule has 1 aliphatic heterocycles. The van der Waals surface area contributed by atoms with E-state index in [1.165, 1.54) is 31.5 Å². The third kappa shape index (κ3) is 2.30. The van der Waals surface area contributed by atoms with Crippen molar-refractivity contribution in [2.24, 2.45) is 5.92 Å². The number of hydrogen-bond acceptors (Lipinski definition) is 1. The molecule has 88 valence electrons. The molecule has 1 fully saturated rings. The Bertz CT molecular complexity index is 321. The van der Waals surface area contributed by atoms with Gasteiger partial charge in [-0.2, -0.15) is 0 Å². The second-order valence-electron chi connectivity index (χ2n) is 5.67. The Morgan fingerprint density at radius 1 is 1.06 bits per heavy atom. The molecule has 1 saturated heterocycles. The second kappa shape index (κ2) is 4.58. The lowest BCUT2D eigenvalue weighted by Gasteiger charge is -2.40. The number of benzene rings is 1. The molecule has 1 aromatic carbocycles. The summed E-state index contributed by atoms with van der Waals surface area (Å²) >= 11 is 0. The third-order valence-corrected chi connectivity index (χ3v) is 4.26. The van der Waals surface area contributed by atoms with Crippen LogP contribution in [-0.4, -0.2) is 25.0 Å². The van der Waals surface area contributed by atoms with E-state index >= 15 is 0 Å². The summed E-state index contributed by atoms with van der Waals surface area (Å²) < 4.78 is 0. The van der Waals surface area contributed by atoms with E-state index in [9.17, 15) is 0 Å². The summed E-state index contributed by atoms with van der Waals surface area (Å²) in [4.78, 5) is 2.44. The minimum absolute atomic E-state index is 0.322. The van der Waals surface area contributed by atoms with Gasteiger partial charge < -0.3 is 4.90 Å². The van der Waals surface area contributed by atoms with Gasteiger partial charge in [0.1, 0.15) is 0 Å². The molecule has 1 aliphatic rings. The van der Waals surface area contributed by atoms with Crippen molar-refractivity contribution in [1.29, 1.82) is 0 Å². The summed E-state index contributed by atoms with van der Waals surface area (Å²) in [5.74, 6) is 0.825. The minimum Gasteiger partial charge on any atom is -0.306 e. The SMILES string of the molecule is CN1CCC(C(C)(C)c2ccccc2)CC1. The van der Waals surface area contributed by atoms with Crippen LogP contribution in [0.15, 0.2) is 30.3 Å². The minimum atomic E-state index is 0.322. The van der Waals surface area contributed by atoms with E-state index in [0.29, 0.717) is 5.41 Å². The van der Waals surface area contributed by atoms with Gasteiger partial charge in [0.25, 0.3) is 0 Å². The molecule has 0 spiro atoms. The molecule has 0 N–H and O–H groups in total. The van der Waals surface area contributed by atoms with Crippen molar-refractivity contribution in [2.75, 3.05) is 20.1 Å². The van der Waals surface area contributed by atoms with Crippen molar-refractivity contribution in [3.05, 3.63) is 35.9 Å². The van der Waals surface area contributed by atoms with E-state index in [2.05, 4.69) is 56.1 Å². The summed E-state index contributed by atoms with van der Waals surface area (Å²) in [6.07, 6.45) is 2.66. The van der Waals surface area contributed by atoms with Gasteiger partial charge in [-0.3, -0.25) is 0 Å². The van der Waals surface area contributed by atoms with Crippen LogP contribution in [0.2, 0.25) is 0 Å². The van der Waals surface area contributed by atoms with E-state index in [-0.39, 0.29) is 0 Å². The quantitative estimate of drug-likeness (QED) is 0.734. The van der Waals surface area contributed by atoms with Gasteiger partial charge in [0.05, 0.1) is 0 Å². The zero-order valence-electron chi connectivity index (χ0n) is 10.7. The highest BCUT2D eigenvalue weighted by Gasteiger charge is 2.32. The molecule has 0 saturated carbocycles. The van der Waals surface area contributed by atoms with Gasteiger partial charge in [-0.15, -0.1) is 0 Å². The molecule has 1 aromatic rings. The second-order valence-corrected chi connectivity index (χ2v) is 5.67. The molecule has 1 nitrogen and oxygen atoms in total. The Kier molecular flexibility index (Phi) is 3.34. The number of likely N-dealkylation sites (tertiary alicyclic amines) is 1. The highest BCUT2D eigenvalue weighted by molar-refractivity contribution is 5.24. The topological polar surface area (TPSA) is 3.24 Å². The van der Waals surface area contributed by atoms with Gasteiger partial charge in [-0.1, -0.05) is 44.2 Å². The summed E-state index contributed by atoms with van der Waals surface area (Å²) in [5, 5.41) is 0. The lowest BCUT2D eigenvalue weighted by atomic mass is 9.69. The lowest BCUT2D eigenvalue weighted by molar-refractivity contribution is 0.163. The van der Waals surface area contributed by atoms with E-state index < -0.39 is 0 Å². The van der Waals surface area contributed by atoms with E-state index in [4.69, 9.17) is 0 Å². The number of hydrogen-bond donors (Lipinski definition) is 0. The lowest BCUT2D eigenvalue weighted by Crippen LogP contribution is -2.38. The molecule has 0 aliphatic carbocycles. The standard InChI is InChI=1S/C15H23N/c1-15(2,13-7-5-4-6-8-13)14-9-11-16(3)12-10-14/h4-8,14H,9-12H2,1-3H3. The summed E-state index contributed by atoms with van der Waals surface area (Å²) in [6, 6.07) is 11.0. The largest absolute Gasteiger partial charge is 0.306 e. The van der Waals surface area contributed by atoms with Crippen molar-refractivity contribution < 1.29 is 0 Å². The van der Waals surface area contributed by atoms with Crippen molar-refractivity contribution in [2.45, 2.75) is 32.1 Å². The van der Waals surface area contributed by atoms with Gasteiger partial charge >= 0.3 is 0 Å². The average Bonchev–Trinajstić information content (AvgIpc) is 2.31. The molecular weight excluding hydrogens is 194 g/mol. The van der Waals surface area contributed by atoms with Gasteiger partial charge in [0, 0.05) is 0 Å². The maximum absolute atomic E-state index is 2.44. The van der Waals surface area contributed by atoms with Gasteiger partial charge in [0.15, 0.2) is 0 Å². The van der Waals surface area contributed by atoms with Gasteiger partial charge in [-0.25, -0.2) is 0 Å². The molecule has 0 amide bonds. The molecule has 0 atom stereocenters. The highest BCUT2D eigenvalue weighted by Crippen LogP contribution is 2.37. The van der Waals surface area contributed by atoms with Crippen molar-refractivity contribution in [3.8, 4) is 0 Å². The first kappa shape index (κ1) is 11.7. The molecule has 16 heavy (non-hydrogen) atoms. The zero-order valence-corrected chi connectivity index (χ0v) is 10.7. The number of rotatable bonds is 2. The summed E-state index contributed by atoms with van der Waals surface area (Å²) in [5.41, 5.74) is 1.81. The van der Waals surface area contributed by atoms with Crippen LogP contribution in [-0.2, 0) is 5.41 Å². The Morgan fingerprint density at radius 2 is 1.62 bits per heavy atom. The third-order valence-electron chi connectivity index (χ3n) is 4.26. The fourth-order valence-electron chi connectivity index (χ4n) is 2.83. The predicted octanol–water partition coefficient (Wildman–Crippen LogP) is 3.31. The zero-order chi connectivity index (χ0) is 11.6. The smallest absolute Gasteiger partial charge is 0.00188 e. The number of nitrogens with zero attached hydrogens (tertiary/aromatic N) is 1. The molecule has 0 bridgehead atoms. The Labute approximate surface area is 99.5 Å². The predicted molar refractivity (Wildman–Crippen MR) is 69.7 cm³/mol. The molecule has 0 unspecified atom stereocenters. The molecule has 2 rings (SSSR count). The van der Waals surface area contributed by atoms with Crippen LogP contribution < -0.4 is 0 Å².